The highest BCUT2D eigenvalue weighted by Crippen LogP contribution is 2.35. The summed E-state index contributed by atoms with van der Waals surface area (Å²) < 4.78 is 35.2. The number of imidazole rings is 1. The minimum atomic E-state index is -3.39. The Balaban J connectivity index is 1.41. The molecule has 3 aromatic rings. The first-order valence-corrected chi connectivity index (χ1v) is 16.0. The van der Waals surface area contributed by atoms with Gasteiger partial charge in [-0.3, -0.25) is 4.79 Å². The largest absolute Gasteiger partial charge is 0.494 e. The first-order valence-electron chi connectivity index (χ1n) is 14.1. The number of carbonyl (C=O) groups is 1. The Labute approximate surface area is 237 Å². The third-order valence-electron chi connectivity index (χ3n) is 7.85. The number of sulfonamides is 1. The monoisotopic (exact) mass is 565 g/mol. The van der Waals surface area contributed by atoms with Gasteiger partial charge in [-0.05, 0) is 31.9 Å². The summed E-state index contributed by atoms with van der Waals surface area (Å²) in [4.78, 5) is 20.8. The van der Waals surface area contributed by atoms with Crippen LogP contribution in [0.15, 0.2) is 60.9 Å². The van der Waals surface area contributed by atoms with E-state index in [2.05, 4.69) is 15.0 Å². The Morgan fingerprint density at radius 2 is 1.85 bits per heavy atom. The zero-order valence-corrected chi connectivity index (χ0v) is 24.1. The Morgan fingerprint density at radius 1 is 1.10 bits per heavy atom. The molecule has 2 aromatic carbocycles. The van der Waals surface area contributed by atoms with Gasteiger partial charge in [-0.1, -0.05) is 60.9 Å². The molecule has 0 unspecified atom stereocenters. The molecule has 1 aliphatic heterocycles. The number of amides is 1. The van der Waals surface area contributed by atoms with Crippen molar-refractivity contribution < 1.29 is 17.9 Å². The normalized spacial score (nSPS) is 21.8. The van der Waals surface area contributed by atoms with E-state index in [9.17, 15) is 13.2 Å². The molecule has 40 heavy (non-hydrogen) atoms. The predicted octanol–water partition coefficient (Wildman–Crippen LogP) is 3.77. The number of piperazine rings is 1. The van der Waals surface area contributed by atoms with Crippen molar-refractivity contribution in [2.75, 3.05) is 32.5 Å². The maximum absolute atomic E-state index is 14.2. The number of benzene rings is 2. The Kier molecular flexibility index (Phi) is 8.87. The molecule has 1 aromatic heterocycles. The van der Waals surface area contributed by atoms with Crippen LogP contribution in [0.5, 0.6) is 5.75 Å². The third-order valence-corrected chi connectivity index (χ3v) is 8.58. The number of carbonyl (C=O) groups excluding carboxylic acids is 1. The number of aryl methyl sites for hydroxylation is 1. The van der Waals surface area contributed by atoms with Crippen LogP contribution in [0.25, 0.3) is 11.3 Å². The van der Waals surface area contributed by atoms with Gasteiger partial charge in [0, 0.05) is 43.7 Å². The number of rotatable bonds is 9. The van der Waals surface area contributed by atoms with E-state index >= 15 is 0 Å². The van der Waals surface area contributed by atoms with Gasteiger partial charge < -0.3 is 19.5 Å². The van der Waals surface area contributed by atoms with Gasteiger partial charge in [0.15, 0.2) is 5.69 Å². The van der Waals surface area contributed by atoms with E-state index in [1.807, 2.05) is 71.0 Å². The van der Waals surface area contributed by atoms with Crippen molar-refractivity contribution in [2.24, 2.45) is 0 Å². The molecule has 2 heterocycles. The molecule has 0 radical (unpaired) electrons. The summed E-state index contributed by atoms with van der Waals surface area (Å²) in [5, 5.41) is 3.42. The molecule has 5 rings (SSSR count). The van der Waals surface area contributed by atoms with Crippen LogP contribution in [0.1, 0.15) is 54.2 Å². The molecule has 2 fully saturated rings. The average Bonchev–Trinajstić information content (AvgIpc) is 3.39. The number of ether oxygens (including phenoxy) is 1. The van der Waals surface area contributed by atoms with E-state index in [-0.39, 0.29) is 24.0 Å². The molecule has 1 aliphatic carbocycles. The summed E-state index contributed by atoms with van der Waals surface area (Å²) in [6, 6.07) is 17.4. The second-order valence-electron chi connectivity index (χ2n) is 10.9. The quantitative estimate of drug-likeness (QED) is 0.409. The van der Waals surface area contributed by atoms with Crippen LogP contribution in [0.4, 0.5) is 0 Å². The predicted molar refractivity (Wildman–Crippen MR) is 156 cm³/mol. The molecule has 10 heteroatoms. The first kappa shape index (κ1) is 28.3. The fourth-order valence-electron chi connectivity index (χ4n) is 5.88. The van der Waals surface area contributed by atoms with Crippen molar-refractivity contribution in [3.05, 3.63) is 72.2 Å². The maximum atomic E-state index is 14.2. The Morgan fingerprint density at radius 3 is 2.60 bits per heavy atom. The van der Waals surface area contributed by atoms with E-state index in [4.69, 9.17) is 4.74 Å². The lowest BCUT2D eigenvalue weighted by Crippen LogP contribution is -2.54. The van der Waals surface area contributed by atoms with Crippen LogP contribution in [0, 0.1) is 6.92 Å². The molecule has 1 amide bonds. The fourth-order valence-corrected chi connectivity index (χ4v) is 6.70. The summed E-state index contributed by atoms with van der Waals surface area (Å²) in [7, 11) is -3.39. The van der Waals surface area contributed by atoms with Crippen molar-refractivity contribution in [2.45, 2.75) is 57.2 Å². The summed E-state index contributed by atoms with van der Waals surface area (Å²) in [6.45, 7) is 4.53. The number of hydrogen-bond acceptors (Lipinski definition) is 6. The lowest BCUT2D eigenvalue weighted by Gasteiger charge is -2.36. The zero-order chi connectivity index (χ0) is 28.1. The van der Waals surface area contributed by atoms with Gasteiger partial charge in [0.25, 0.3) is 5.91 Å². The second-order valence-corrected chi connectivity index (χ2v) is 12.7. The van der Waals surface area contributed by atoms with Crippen LogP contribution in [-0.2, 0) is 10.0 Å². The van der Waals surface area contributed by atoms with Crippen molar-refractivity contribution >= 4 is 15.9 Å². The molecule has 1 saturated carbocycles. The molecule has 9 nitrogen and oxygen atoms in total. The summed E-state index contributed by atoms with van der Waals surface area (Å²) >= 11 is 0. The SMILES string of the molecule is Cc1ccc(OCC[C@@H]2CNCCN2C(=O)c2ncn([C@H]3CCCC[C@@H]3NS(C)(=O)=O)c2-c2ccccc2)cc1. The highest BCUT2D eigenvalue weighted by Gasteiger charge is 2.35. The van der Waals surface area contributed by atoms with Crippen molar-refractivity contribution in [1.82, 2.24) is 24.5 Å². The molecule has 0 bridgehead atoms. The Hall–Kier alpha value is -3.21. The standard InChI is InChI=1S/C30H39N5O4S/c1-22-12-14-25(15-13-22)39-19-16-24-20-31-17-18-34(24)30(36)28-29(23-8-4-3-5-9-23)35(21-32-28)27-11-7-6-10-26(27)33-40(2,37)38/h3-5,8-9,12-15,21,24,26-27,31,33H,6-7,10-11,16-20H2,1-2H3/t24-,26+,27+/m1/s1. The van der Waals surface area contributed by atoms with E-state index in [1.54, 1.807) is 6.33 Å². The smallest absolute Gasteiger partial charge is 0.275 e. The highest BCUT2D eigenvalue weighted by molar-refractivity contribution is 7.88. The average molecular weight is 566 g/mol. The molecule has 214 valence electrons. The van der Waals surface area contributed by atoms with Crippen molar-refractivity contribution in [3.63, 3.8) is 0 Å². The number of hydrogen-bond donors (Lipinski definition) is 2. The molecule has 1 saturated heterocycles. The van der Waals surface area contributed by atoms with Gasteiger partial charge in [0.2, 0.25) is 10.0 Å². The Bertz CT molecular complexity index is 1390. The van der Waals surface area contributed by atoms with Gasteiger partial charge in [-0.25, -0.2) is 18.1 Å². The topological polar surface area (TPSA) is 106 Å². The number of nitrogens with zero attached hydrogens (tertiary/aromatic N) is 3. The van der Waals surface area contributed by atoms with E-state index in [0.717, 1.165) is 42.7 Å². The van der Waals surface area contributed by atoms with E-state index in [1.165, 1.54) is 11.8 Å². The minimum absolute atomic E-state index is 0.0326. The van der Waals surface area contributed by atoms with Crippen LogP contribution in [0.3, 0.4) is 0 Å². The molecule has 2 N–H and O–H groups in total. The maximum Gasteiger partial charge on any atom is 0.275 e. The molecule has 3 atom stereocenters. The zero-order valence-electron chi connectivity index (χ0n) is 23.3. The molecular formula is C30H39N5O4S. The van der Waals surface area contributed by atoms with Gasteiger partial charge in [-0.15, -0.1) is 0 Å². The van der Waals surface area contributed by atoms with Gasteiger partial charge in [0.1, 0.15) is 5.75 Å². The highest BCUT2D eigenvalue weighted by atomic mass is 32.2. The lowest BCUT2D eigenvalue weighted by molar-refractivity contribution is 0.0601. The number of nitrogens with one attached hydrogen (secondary N) is 2. The van der Waals surface area contributed by atoms with Crippen LogP contribution < -0.4 is 14.8 Å². The first-order chi connectivity index (χ1) is 19.3. The lowest BCUT2D eigenvalue weighted by atomic mass is 9.90. The summed E-state index contributed by atoms with van der Waals surface area (Å²) in [5.74, 6) is 0.713. The van der Waals surface area contributed by atoms with Gasteiger partial charge in [0.05, 0.1) is 30.9 Å². The molecule has 2 aliphatic rings. The molecule has 0 spiro atoms. The van der Waals surface area contributed by atoms with E-state index < -0.39 is 10.0 Å². The second kappa shape index (κ2) is 12.5. The van der Waals surface area contributed by atoms with Gasteiger partial charge in [-0.2, -0.15) is 0 Å². The van der Waals surface area contributed by atoms with Crippen molar-refractivity contribution in [3.8, 4) is 17.0 Å². The van der Waals surface area contributed by atoms with Crippen molar-refractivity contribution in [1.29, 1.82) is 0 Å². The summed E-state index contributed by atoms with van der Waals surface area (Å²) in [6.07, 6.45) is 7.11. The fraction of sp³-hybridized carbons (Fsp3) is 0.467. The van der Waals surface area contributed by atoms with Crippen LogP contribution >= 0.6 is 0 Å². The molecular weight excluding hydrogens is 526 g/mol. The van der Waals surface area contributed by atoms with Gasteiger partial charge >= 0.3 is 0 Å². The minimum Gasteiger partial charge on any atom is -0.494 e. The number of aromatic nitrogens is 2. The van der Waals surface area contributed by atoms with Crippen LogP contribution in [0.2, 0.25) is 0 Å². The van der Waals surface area contributed by atoms with Crippen LogP contribution in [-0.4, -0.2) is 73.4 Å². The third kappa shape index (κ3) is 6.74. The van der Waals surface area contributed by atoms with E-state index in [0.29, 0.717) is 38.4 Å². The summed E-state index contributed by atoms with van der Waals surface area (Å²) in [5.41, 5.74) is 3.22.